The van der Waals surface area contributed by atoms with Gasteiger partial charge in [0.15, 0.2) is 0 Å². The number of nitrogens with one attached hydrogen (secondary N) is 1. The molecule has 0 aliphatic rings. The van der Waals surface area contributed by atoms with Crippen molar-refractivity contribution in [3.8, 4) is 0 Å². The summed E-state index contributed by atoms with van der Waals surface area (Å²) in [5, 5.41) is 4.30. The van der Waals surface area contributed by atoms with Crippen LogP contribution in [0.25, 0.3) is 0 Å². The van der Waals surface area contributed by atoms with Crippen LogP contribution >= 0.6 is 11.6 Å². The molecule has 1 atom stereocenters. The standard InChI is InChI=1S/C16H26ClNO/c1-4-13(5-2)16(12-18-10-11-19-3)14-6-8-15(17)9-7-14/h6-9,13,16,18H,4-5,10-12H2,1-3H3. The molecule has 1 unspecified atom stereocenters. The van der Waals surface area contributed by atoms with Crippen molar-refractivity contribution in [1.82, 2.24) is 5.32 Å². The molecule has 0 saturated heterocycles. The Morgan fingerprint density at radius 2 is 1.79 bits per heavy atom. The van der Waals surface area contributed by atoms with Crippen molar-refractivity contribution >= 4 is 11.6 Å². The van der Waals surface area contributed by atoms with E-state index in [1.165, 1.54) is 18.4 Å². The Labute approximate surface area is 122 Å². The lowest BCUT2D eigenvalue weighted by Gasteiger charge is -2.26. The molecule has 1 rings (SSSR count). The number of rotatable bonds is 9. The van der Waals surface area contributed by atoms with Gasteiger partial charge in [0, 0.05) is 25.2 Å². The van der Waals surface area contributed by atoms with E-state index in [0.29, 0.717) is 11.8 Å². The molecular formula is C16H26ClNO. The van der Waals surface area contributed by atoms with E-state index in [2.05, 4.69) is 31.3 Å². The van der Waals surface area contributed by atoms with E-state index in [9.17, 15) is 0 Å². The van der Waals surface area contributed by atoms with Crippen LogP contribution in [0.3, 0.4) is 0 Å². The quantitative estimate of drug-likeness (QED) is 0.689. The van der Waals surface area contributed by atoms with Crippen molar-refractivity contribution in [3.05, 3.63) is 34.9 Å². The van der Waals surface area contributed by atoms with Gasteiger partial charge in [0.1, 0.15) is 0 Å². The molecule has 0 fully saturated rings. The summed E-state index contributed by atoms with van der Waals surface area (Å²) < 4.78 is 5.08. The van der Waals surface area contributed by atoms with Crippen LogP contribution in [0.15, 0.2) is 24.3 Å². The number of methoxy groups -OCH3 is 1. The van der Waals surface area contributed by atoms with Crippen LogP contribution in [0.1, 0.15) is 38.2 Å². The van der Waals surface area contributed by atoms with Gasteiger partial charge in [-0.25, -0.2) is 0 Å². The van der Waals surface area contributed by atoms with Gasteiger partial charge < -0.3 is 10.1 Å². The van der Waals surface area contributed by atoms with Crippen molar-refractivity contribution in [2.75, 3.05) is 26.8 Å². The summed E-state index contributed by atoms with van der Waals surface area (Å²) >= 11 is 5.98. The fraction of sp³-hybridized carbons (Fsp3) is 0.625. The molecule has 0 amide bonds. The van der Waals surface area contributed by atoms with E-state index < -0.39 is 0 Å². The highest BCUT2D eigenvalue weighted by Gasteiger charge is 2.19. The molecule has 0 spiro atoms. The number of ether oxygens (including phenoxy) is 1. The second-order valence-corrected chi connectivity index (χ2v) is 5.37. The summed E-state index contributed by atoms with van der Waals surface area (Å²) in [4.78, 5) is 0. The number of hydrogen-bond acceptors (Lipinski definition) is 2. The summed E-state index contributed by atoms with van der Waals surface area (Å²) in [6.07, 6.45) is 2.41. The maximum atomic E-state index is 5.98. The maximum Gasteiger partial charge on any atom is 0.0587 e. The highest BCUT2D eigenvalue weighted by Crippen LogP contribution is 2.29. The summed E-state index contributed by atoms with van der Waals surface area (Å²) in [5.41, 5.74) is 1.38. The zero-order valence-corrected chi connectivity index (χ0v) is 13.0. The normalized spacial score (nSPS) is 12.9. The van der Waals surface area contributed by atoms with Crippen LogP contribution in [0.2, 0.25) is 5.02 Å². The third-order valence-electron chi connectivity index (χ3n) is 3.76. The van der Waals surface area contributed by atoms with Gasteiger partial charge in [0.2, 0.25) is 0 Å². The first-order valence-corrected chi connectivity index (χ1v) is 7.55. The Balaban J connectivity index is 2.70. The van der Waals surface area contributed by atoms with E-state index in [-0.39, 0.29) is 0 Å². The minimum Gasteiger partial charge on any atom is -0.383 e. The van der Waals surface area contributed by atoms with Crippen LogP contribution < -0.4 is 5.32 Å². The first-order chi connectivity index (χ1) is 9.22. The van der Waals surface area contributed by atoms with Crippen molar-refractivity contribution in [3.63, 3.8) is 0 Å². The zero-order chi connectivity index (χ0) is 14.1. The summed E-state index contributed by atoms with van der Waals surface area (Å²) in [6, 6.07) is 8.29. The third kappa shape index (κ3) is 5.52. The molecule has 0 heterocycles. The summed E-state index contributed by atoms with van der Waals surface area (Å²) in [6.45, 7) is 7.20. The van der Waals surface area contributed by atoms with Crippen molar-refractivity contribution < 1.29 is 4.74 Å². The molecule has 0 saturated carbocycles. The summed E-state index contributed by atoms with van der Waals surface area (Å²) in [5.74, 6) is 1.25. The van der Waals surface area contributed by atoms with Gasteiger partial charge >= 0.3 is 0 Å². The molecule has 1 aromatic rings. The molecule has 1 N–H and O–H groups in total. The number of halogens is 1. The van der Waals surface area contributed by atoms with Crippen molar-refractivity contribution in [1.29, 1.82) is 0 Å². The van der Waals surface area contributed by atoms with E-state index in [1.807, 2.05) is 12.1 Å². The molecule has 0 aliphatic carbocycles. The first kappa shape index (κ1) is 16.5. The largest absolute Gasteiger partial charge is 0.383 e. The fourth-order valence-corrected chi connectivity index (χ4v) is 2.68. The van der Waals surface area contributed by atoms with E-state index >= 15 is 0 Å². The Bertz CT molecular complexity index is 335. The SMILES string of the molecule is CCC(CC)C(CNCCOC)c1ccc(Cl)cc1. The second-order valence-electron chi connectivity index (χ2n) is 4.93. The molecular weight excluding hydrogens is 258 g/mol. The maximum absolute atomic E-state index is 5.98. The lowest BCUT2D eigenvalue weighted by molar-refractivity contribution is 0.197. The predicted octanol–water partition coefficient (Wildman–Crippen LogP) is 4.10. The smallest absolute Gasteiger partial charge is 0.0587 e. The fourth-order valence-electron chi connectivity index (χ4n) is 2.56. The van der Waals surface area contributed by atoms with Gasteiger partial charge in [-0.2, -0.15) is 0 Å². The van der Waals surface area contributed by atoms with E-state index in [4.69, 9.17) is 16.3 Å². The topological polar surface area (TPSA) is 21.3 Å². The van der Waals surface area contributed by atoms with Gasteiger partial charge in [-0.3, -0.25) is 0 Å². The van der Waals surface area contributed by atoms with Crippen molar-refractivity contribution in [2.24, 2.45) is 5.92 Å². The van der Waals surface area contributed by atoms with Crippen LogP contribution in [-0.4, -0.2) is 26.8 Å². The number of hydrogen-bond donors (Lipinski definition) is 1. The average Bonchev–Trinajstić information content (AvgIpc) is 2.44. The Kier molecular flexibility index (Phi) is 8.11. The van der Waals surface area contributed by atoms with E-state index in [1.54, 1.807) is 7.11 Å². The minimum atomic E-state index is 0.545. The zero-order valence-electron chi connectivity index (χ0n) is 12.3. The average molecular weight is 284 g/mol. The molecule has 2 nitrogen and oxygen atoms in total. The van der Waals surface area contributed by atoms with Crippen LogP contribution in [-0.2, 0) is 4.74 Å². The minimum absolute atomic E-state index is 0.545. The summed E-state index contributed by atoms with van der Waals surface area (Å²) in [7, 11) is 1.74. The molecule has 19 heavy (non-hydrogen) atoms. The second kappa shape index (κ2) is 9.35. The van der Waals surface area contributed by atoms with Gasteiger partial charge in [-0.1, -0.05) is 50.4 Å². The predicted molar refractivity (Wildman–Crippen MR) is 83.0 cm³/mol. The number of benzene rings is 1. The van der Waals surface area contributed by atoms with Gasteiger partial charge in [0.25, 0.3) is 0 Å². The van der Waals surface area contributed by atoms with E-state index in [0.717, 1.165) is 24.7 Å². The monoisotopic (exact) mass is 283 g/mol. The first-order valence-electron chi connectivity index (χ1n) is 7.18. The molecule has 3 heteroatoms. The molecule has 1 aromatic carbocycles. The van der Waals surface area contributed by atoms with Crippen LogP contribution in [0.4, 0.5) is 0 Å². The lowest BCUT2D eigenvalue weighted by Crippen LogP contribution is -2.28. The Morgan fingerprint density at radius 1 is 1.16 bits per heavy atom. The highest BCUT2D eigenvalue weighted by atomic mass is 35.5. The van der Waals surface area contributed by atoms with Crippen molar-refractivity contribution in [2.45, 2.75) is 32.6 Å². The third-order valence-corrected chi connectivity index (χ3v) is 4.02. The molecule has 108 valence electrons. The Hall–Kier alpha value is -0.570. The molecule has 0 radical (unpaired) electrons. The van der Waals surface area contributed by atoms with Crippen LogP contribution in [0.5, 0.6) is 0 Å². The van der Waals surface area contributed by atoms with Gasteiger partial charge in [-0.05, 0) is 29.5 Å². The van der Waals surface area contributed by atoms with Crippen LogP contribution in [0, 0.1) is 5.92 Å². The van der Waals surface area contributed by atoms with Gasteiger partial charge in [-0.15, -0.1) is 0 Å². The molecule has 0 aliphatic heterocycles. The van der Waals surface area contributed by atoms with Gasteiger partial charge in [0.05, 0.1) is 6.61 Å². The molecule has 0 bridgehead atoms. The lowest BCUT2D eigenvalue weighted by atomic mass is 9.82. The Morgan fingerprint density at radius 3 is 2.32 bits per heavy atom. The molecule has 0 aromatic heterocycles. The highest BCUT2D eigenvalue weighted by molar-refractivity contribution is 6.30.